The first-order valence-corrected chi connectivity index (χ1v) is 6.10. The second kappa shape index (κ2) is 4.97. The predicted octanol–water partition coefficient (Wildman–Crippen LogP) is 0.767. The standard InChI is InChI=1S/C13H16N2O4/c1-13(19)4-6-15(7-5-13)11(16)10-3-2-9(8-14-10)12(17)18/h2-3,8,19H,4-7H2,1H3,(H,17,18). The summed E-state index contributed by atoms with van der Waals surface area (Å²) in [5, 5.41) is 18.6. The van der Waals surface area contributed by atoms with Crippen molar-refractivity contribution >= 4 is 11.9 Å². The first kappa shape index (κ1) is 13.5. The van der Waals surface area contributed by atoms with Gasteiger partial charge in [0.15, 0.2) is 0 Å². The molecular weight excluding hydrogens is 248 g/mol. The summed E-state index contributed by atoms with van der Waals surface area (Å²) >= 11 is 0. The van der Waals surface area contributed by atoms with E-state index in [0.717, 1.165) is 0 Å². The molecule has 2 rings (SSSR count). The number of aromatic carboxylic acids is 1. The molecule has 6 heteroatoms. The first-order valence-electron chi connectivity index (χ1n) is 6.10. The average molecular weight is 264 g/mol. The lowest BCUT2D eigenvalue weighted by Crippen LogP contribution is -2.45. The molecule has 0 saturated carbocycles. The lowest BCUT2D eigenvalue weighted by atomic mass is 9.94. The van der Waals surface area contributed by atoms with Crippen molar-refractivity contribution in [2.75, 3.05) is 13.1 Å². The van der Waals surface area contributed by atoms with Gasteiger partial charge < -0.3 is 15.1 Å². The van der Waals surface area contributed by atoms with Crippen molar-refractivity contribution in [3.63, 3.8) is 0 Å². The fourth-order valence-electron chi connectivity index (χ4n) is 2.00. The van der Waals surface area contributed by atoms with Crippen LogP contribution in [0.25, 0.3) is 0 Å². The number of likely N-dealkylation sites (tertiary alicyclic amines) is 1. The van der Waals surface area contributed by atoms with Gasteiger partial charge in [0.25, 0.3) is 5.91 Å². The summed E-state index contributed by atoms with van der Waals surface area (Å²) in [5.74, 6) is -1.30. The number of carboxylic acid groups (broad SMARTS) is 1. The summed E-state index contributed by atoms with van der Waals surface area (Å²) in [4.78, 5) is 28.3. The minimum atomic E-state index is -1.07. The lowest BCUT2D eigenvalue weighted by Gasteiger charge is -2.35. The number of piperidine rings is 1. The van der Waals surface area contributed by atoms with Crippen LogP contribution in [0, 0.1) is 0 Å². The summed E-state index contributed by atoms with van der Waals surface area (Å²) in [6.45, 7) is 2.72. The maximum atomic E-state index is 12.1. The Hall–Kier alpha value is -1.95. The van der Waals surface area contributed by atoms with Gasteiger partial charge in [-0.15, -0.1) is 0 Å². The van der Waals surface area contributed by atoms with Crippen LogP contribution in [0.3, 0.4) is 0 Å². The Morgan fingerprint density at radius 2 is 1.95 bits per heavy atom. The van der Waals surface area contributed by atoms with Crippen LogP contribution in [0.15, 0.2) is 18.3 Å². The van der Waals surface area contributed by atoms with Gasteiger partial charge >= 0.3 is 5.97 Å². The van der Waals surface area contributed by atoms with Crippen LogP contribution in [0.4, 0.5) is 0 Å². The van der Waals surface area contributed by atoms with Crippen LogP contribution >= 0.6 is 0 Å². The Morgan fingerprint density at radius 3 is 2.42 bits per heavy atom. The second-order valence-electron chi connectivity index (χ2n) is 5.03. The minimum absolute atomic E-state index is 0.0538. The molecule has 1 aliphatic rings. The van der Waals surface area contributed by atoms with E-state index >= 15 is 0 Å². The number of carbonyl (C=O) groups is 2. The quantitative estimate of drug-likeness (QED) is 0.823. The molecule has 0 bridgehead atoms. The topological polar surface area (TPSA) is 90.7 Å². The third-order valence-electron chi connectivity index (χ3n) is 3.36. The molecular formula is C13H16N2O4. The SMILES string of the molecule is CC1(O)CCN(C(=O)c2ccc(C(=O)O)cn2)CC1. The Labute approximate surface area is 110 Å². The largest absolute Gasteiger partial charge is 0.478 e. The second-order valence-corrected chi connectivity index (χ2v) is 5.03. The maximum Gasteiger partial charge on any atom is 0.337 e. The molecule has 19 heavy (non-hydrogen) atoms. The molecule has 0 spiro atoms. The van der Waals surface area contributed by atoms with E-state index in [-0.39, 0.29) is 17.2 Å². The van der Waals surface area contributed by atoms with E-state index < -0.39 is 11.6 Å². The zero-order valence-electron chi connectivity index (χ0n) is 10.7. The van der Waals surface area contributed by atoms with E-state index in [0.29, 0.717) is 25.9 Å². The molecule has 1 saturated heterocycles. The molecule has 102 valence electrons. The number of amides is 1. The Bertz CT molecular complexity index is 486. The number of pyridine rings is 1. The van der Waals surface area contributed by atoms with Crippen LogP contribution < -0.4 is 0 Å². The fourth-order valence-corrected chi connectivity index (χ4v) is 2.00. The maximum absolute atomic E-state index is 12.1. The molecule has 1 aromatic rings. The molecule has 2 N–H and O–H groups in total. The Kier molecular flexibility index (Phi) is 3.53. The normalized spacial score (nSPS) is 18.1. The van der Waals surface area contributed by atoms with Crippen molar-refractivity contribution in [2.24, 2.45) is 0 Å². The number of rotatable bonds is 2. The highest BCUT2D eigenvalue weighted by atomic mass is 16.4. The Morgan fingerprint density at radius 1 is 1.32 bits per heavy atom. The van der Waals surface area contributed by atoms with Crippen LogP contribution in [-0.2, 0) is 0 Å². The number of aliphatic hydroxyl groups is 1. The van der Waals surface area contributed by atoms with Crippen molar-refractivity contribution in [1.82, 2.24) is 9.88 Å². The van der Waals surface area contributed by atoms with Gasteiger partial charge in [0.05, 0.1) is 11.2 Å². The zero-order valence-corrected chi connectivity index (χ0v) is 10.7. The minimum Gasteiger partial charge on any atom is -0.478 e. The molecule has 1 aromatic heterocycles. The summed E-state index contributed by atoms with van der Waals surface area (Å²) in [6, 6.07) is 2.78. The number of nitrogens with zero attached hydrogens (tertiary/aromatic N) is 2. The summed E-state index contributed by atoms with van der Waals surface area (Å²) in [7, 11) is 0. The smallest absolute Gasteiger partial charge is 0.337 e. The monoisotopic (exact) mass is 264 g/mol. The molecule has 2 heterocycles. The molecule has 0 unspecified atom stereocenters. The molecule has 1 aliphatic heterocycles. The van der Waals surface area contributed by atoms with Crippen molar-refractivity contribution in [1.29, 1.82) is 0 Å². The molecule has 1 amide bonds. The molecule has 0 aliphatic carbocycles. The van der Waals surface area contributed by atoms with E-state index in [1.807, 2.05) is 0 Å². The van der Waals surface area contributed by atoms with Gasteiger partial charge in [-0.05, 0) is 31.9 Å². The van der Waals surface area contributed by atoms with E-state index in [4.69, 9.17) is 5.11 Å². The molecule has 6 nitrogen and oxygen atoms in total. The highest BCUT2D eigenvalue weighted by Crippen LogP contribution is 2.22. The fraction of sp³-hybridized carbons (Fsp3) is 0.462. The summed E-state index contributed by atoms with van der Waals surface area (Å²) < 4.78 is 0. The van der Waals surface area contributed by atoms with E-state index in [1.165, 1.54) is 18.3 Å². The van der Waals surface area contributed by atoms with E-state index in [9.17, 15) is 14.7 Å². The van der Waals surface area contributed by atoms with Gasteiger partial charge in [-0.2, -0.15) is 0 Å². The number of carbonyl (C=O) groups excluding carboxylic acids is 1. The third-order valence-corrected chi connectivity index (χ3v) is 3.36. The number of carboxylic acids is 1. The van der Waals surface area contributed by atoms with E-state index in [2.05, 4.69) is 4.98 Å². The van der Waals surface area contributed by atoms with Crippen LogP contribution in [-0.4, -0.2) is 50.7 Å². The average Bonchev–Trinajstić information content (AvgIpc) is 2.38. The Balaban J connectivity index is 2.06. The molecule has 0 aromatic carbocycles. The van der Waals surface area contributed by atoms with Crippen LogP contribution in [0.2, 0.25) is 0 Å². The third kappa shape index (κ3) is 3.08. The molecule has 0 radical (unpaired) electrons. The van der Waals surface area contributed by atoms with Gasteiger partial charge in [0.1, 0.15) is 5.69 Å². The number of hydrogen-bond acceptors (Lipinski definition) is 4. The molecule has 1 fully saturated rings. The first-order chi connectivity index (χ1) is 8.89. The van der Waals surface area contributed by atoms with E-state index in [1.54, 1.807) is 11.8 Å². The molecule has 0 atom stereocenters. The van der Waals surface area contributed by atoms with Crippen LogP contribution in [0.1, 0.15) is 40.6 Å². The van der Waals surface area contributed by atoms with Gasteiger partial charge in [-0.3, -0.25) is 9.78 Å². The number of hydrogen-bond donors (Lipinski definition) is 2. The van der Waals surface area contributed by atoms with Gasteiger partial charge in [-0.25, -0.2) is 4.79 Å². The predicted molar refractivity (Wildman–Crippen MR) is 67.0 cm³/mol. The summed E-state index contributed by atoms with van der Waals surface area (Å²) in [6.07, 6.45) is 2.24. The highest BCUT2D eigenvalue weighted by Gasteiger charge is 2.30. The van der Waals surface area contributed by atoms with Crippen molar-refractivity contribution in [2.45, 2.75) is 25.4 Å². The van der Waals surface area contributed by atoms with Crippen molar-refractivity contribution < 1.29 is 19.8 Å². The van der Waals surface area contributed by atoms with Crippen LogP contribution in [0.5, 0.6) is 0 Å². The van der Waals surface area contributed by atoms with Gasteiger partial charge in [0.2, 0.25) is 0 Å². The zero-order chi connectivity index (χ0) is 14.0. The van der Waals surface area contributed by atoms with Gasteiger partial charge in [0, 0.05) is 19.3 Å². The van der Waals surface area contributed by atoms with Crippen molar-refractivity contribution in [3.05, 3.63) is 29.6 Å². The summed E-state index contributed by atoms with van der Waals surface area (Å²) in [5.41, 5.74) is -0.429. The number of aromatic nitrogens is 1. The van der Waals surface area contributed by atoms with Gasteiger partial charge in [-0.1, -0.05) is 0 Å². The van der Waals surface area contributed by atoms with Crippen molar-refractivity contribution in [3.8, 4) is 0 Å². The lowest BCUT2D eigenvalue weighted by molar-refractivity contribution is -0.00221. The highest BCUT2D eigenvalue weighted by molar-refractivity contribution is 5.93.